The number of nitrogens with one attached hydrogen (secondary N) is 1. The lowest BCUT2D eigenvalue weighted by atomic mass is 9.95. The molecule has 1 N–H and O–H groups in total. The Balaban J connectivity index is 1.45. The first-order valence-electron chi connectivity index (χ1n) is 14.7. The van der Waals surface area contributed by atoms with Gasteiger partial charge in [-0.15, -0.1) is 0 Å². The van der Waals surface area contributed by atoms with E-state index in [1.54, 1.807) is 4.57 Å². The summed E-state index contributed by atoms with van der Waals surface area (Å²) >= 11 is 11.9. The van der Waals surface area contributed by atoms with Gasteiger partial charge in [0.1, 0.15) is 18.1 Å². The number of carbonyl (C=O) groups is 1. The Hall–Kier alpha value is -3.46. The number of allylic oxidation sites excluding steroid dienone is 1. The zero-order valence-electron chi connectivity index (χ0n) is 25.3. The molecule has 0 radical (unpaired) electrons. The molecule has 1 aromatic heterocycles. The number of hydrogen-bond donors (Lipinski definition) is 1. The highest BCUT2D eigenvalue weighted by Crippen LogP contribution is 2.33. The summed E-state index contributed by atoms with van der Waals surface area (Å²) in [5, 5.41) is 3.65. The van der Waals surface area contributed by atoms with E-state index in [-0.39, 0.29) is 11.5 Å². The van der Waals surface area contributed by atoms with Gasteiger partial charge in [0.2, 0.25) is 0 Å². The summed E-state index contributed by atoms with van der Waals surface area (Å²) in [6.07, 6.45) is 1.85. The van der Waals surface area contributed by atoms with Crippen LogP contribution in [0, 0.1) is 7.14 Å². The van der Waals surface area contributed by atoms with Crippen LogP contribution in [0.4, 0.5) is 5.69 Å². The van der Waals surface area contributed by atoms with E-state index in [0.29, 0.717) is 56.0 Å². The fourth-order valence-corrected chi connectivity index (χ4v) is 8.49. The van der Waals surface area contributed by atoms with Crippen LogP contribution in [0.15, 0.2) is 112 Å². The number of benzene rings is 4. The van der Waals surface area contributed by atoms with Crippen molar-refractivity contribution in [2.24, 2.45) is 4.99 Å². The molecule has 1 amide bonds. The van der Waals surface area contributed by atoms with Gasteiger partial charge < -0.3 is 14.8 Å². The van der Waals surface area contributed by atoms with Gasteiger partial charge in [0.15, 0.2) is 4.80 Å². The maximum atomic E-state index is 14.3. The molecule has 47 heavy (non-hydrogen) atoms. The van der Waals surface area contributed by atoms with Gasteiger partial charge in [-0.1, -0.05) is 65.4 Å². The van der Waals surface area contributed by atoms with Gasteiger partial charge in [0.25, 0.3) is 11.5 Å². The van der Waals surface area contributed by atoms with Gasteiger partial charge in [0, 0.05) is 19.8 Å². The Morgan fingerprint density at radius 1 is 1.02 bits per heavy atom. The van der Waals surface area contributed by atoms with Gasteiger partial charge in [-0.2, -0.15) is 0 Å². The lowest BCUT2D eigenvalue weighted by Gasteiger charge is -2.25. The maximum Gasteiger partial charge on any atom is 0.271 e. The van der Waals surface area contributed by atoms with E-state index in [1.165, 1.54) is 11.3 Å². The molecule has 0 bridgehead atoms. The first kappa shape index (κ1) is 33.4. The van der Waals surface area contributed by atoms with Crippen molar-refractivity contribution in [1.29, 1.82) is 0 Å². The quantitative estimate of drug-likeness (QED) is 0.154. The minimum Gasteiger partial charge on any atom is -0.494 e. The SMILES string of the molecule is CCOc1ccc([C@H]2C(C(=O)Nc3ccccc3)=C(C)N=c3s/c(=C\c4cc(I)cc(I)c4OCc4ccc(Cl)cc4)c(=O)n32)cc1. The molecule has 11 heteroatoms. The molecule has 5 aromatic rings. The van der Waals surface area contributed by atoms with Crippen molar-refractivity contribution in [3.8, 4) is 11.5 Å². The van der Waals surface area contributed by atoms with Crippen LogP contribution >= 0.6 is 68.1 Å². The molecule has 1 aliphatic heterocycles. The van der Waals surface area contributed by atoms with Crippen LogP contribution in [0.25, 0.3) is 6.08 Å². The fourth-order valence-electron chi connectivity index (χ4n) is 5.28. The van der Waals surface area contributed by atoms with E-state index in [0.717, 1.165) is 23.8 Å². The second kappa shape index (κ2) is 14.8. The van der Waals surface area contributed by atoms with E-state index < -0.39 is 6.04 Å². The molecule has 4 aromatic carbocycles. The molecule has 6 rings (SSSR count). The standard InChI is InChI=1S/C36H28ClI2N3O4S/c1-3-45-28-15-11-23(12-16-28)32-31(34(43)41-27-7-5-4-6-8-27)21(2)40-36-42(32)35(44)30(47-36)18-24-17-26(38)19-29(39)33(24)46-20-22-9-13-25(37)14-10-22/h4-19,32H,3,20H2,1-2H3,(H,41,43)/b30-18-/t32-/m0/s1. The average Bonchev–Trinajstić information content (AvgIpc) is 3.35. The van der Waals surface area contributed by atoms with Crippen LogP contribution in [-0.2, 0) is 11.4 Å². The third-order valence-corrected chi connectivity index (χ3v) is 10.1. The van der Waals surface area contributed by atoms with E-state index in [9.17, 15) is 9.59 Å². The summed E-state index contributed by atoms with van der Waals surface area (Å²) in [6, 6.07) is 27.6. The summed E-state index contributed by atoms with van der Waals surface area (Å²) in [6.45, 7) is 4.60. The van der Waals surface area contributed by atoms with Crippen molar-refractivity contribution >= 4 is 85.8 Å². The van der Waals surface area contributed by atoms with Crippen molar-refractivity contribution in [2.45, 2.75) is 26.5 Å². The summed E-state index contributed by atoms with van der Waals surface area (Å²) in [5.41, 5.74) is 3.86. The first-order chi connectivity index (χ1) is 22.7. The van der Waals surface area contributed by atoms with E-state index in [2.05, 4.69) is 50.5 Å². The van der Waals surface area contributed by atoms with Crippen LogP contribution in [0.3, 0.4) is 0 Å². The van der Waals surface area contributed by atoms with Gasteiger partial charge in [-0.05, 0) is 125 Å². The van der Waals surface area contributed by atoms with Crippen LogP contribution < -0.4 is 29.7 Å². The molecule has 1 aliphatic rings. The maximum absolute atomic E-state index is 14.3. The molecular weight excluding hydrogens is 860 g/mol. The number of halogens is 3. The molecule has 0 saturated carbocycles. The van der Waals surface area contributed by atoms with E-state index in [4.69, 9.17) is 26.1 Å². The highest BCUT2D eigenvalue weighted by Gasteiger charge is 2.32. The summed E-state index contributed by atoms with van der Waals surface area (Å²) in [5.74, 6) is 1.06. The van der Waals surface area contributed by atoms with Gasteiger partial charge in [0.05, 0.1) is 32.0 Å². The third kappa shape index (κ3) is 7.50. The minimum absolute atomic E-state index is 0.248. The number of fused-ring (bicyclic) bond motifs is 1. The Labute approximate surface area is 307 Å². The summed E-state index contributed by atoms with van der Waals surface area (Å²) < 4.78 is 16.0. The highest BCUT2D eigenvalue weighted by molar-refractivity contribution is 14.1. The number of para-hydroxylation sites is 1. The number of anilines is 1. The second-order valence-electron chi connectivity index (χ2n) is 10.6. The molecule has 0 fully saturated rings. The number of amides is 1. The van der Waals surface area contributed by atoms with E-state index in [1.807, 2.05) is 111 Å². The largest absolute Gasteiger partial charge is 0.494 e. The fraction of sp³-hybridized carbons (Fsp3) is 0.139. The zero-order valence-corrected chi connectivity index (χ0v) is 31.2. The molecule has 0 aliphatic carbocycles. The average molecular weight is 888 g/mol. The lowest BCUT2D eigenvalue weighted by Crippen LogP contribution is -2.40. The molecule has 7 nitrogen and oxygen atoms in total. The van der Waals surface area contributed by atoms with Crippen molar-refractivity contribution < 1.29 is 14.3 Å². The Kier molecular flexibility index (Phi) is 10.5. The molecule has 0 unspecified atom stereocenters. The molecule has 1 atom stereocenters. The van der Waals surface area contributed by atoms with Crippen LogP contribution in [0.5, 0.6) is 11.5 Å². The molecule has 0 spiro atoms. The van der Waals surface area contributed by atoms with Crippen molar-refractivity contribution in [3.05, 3.63) is 151 Å². The number of thiazole rings is 1. The van der Waals surface area contributed by atoms with Gasteiger partial charge >= 0.3 is 0 Å². The number of carbonyl (C=O) groups excluding carboxylic acids is 1. The summed E-state index contributed by atoms with van der Waals surface area (Å²) in [7, 11) is 0. The van der Waals surface area contributed by atoms with Crippen molar-refractivity contribution in [3.63, 3.8) is 0 Å². The van der Waals surface area contributed by atoms with Crippen LogP contribution in [0.2, 0.25) is 5.02 Å². The molecule has 238 valence electrons. The number of aromatic nitrogens is 1. The number of ether oxygens (including phenoxy) is 2. The van der Waals surface area contributed by atoms with Crippen molar-refractivity contribution in [1.82, 2.24) is 4.57 Å². The summed E-state index contributed by atoms with van der Waals surface area (Å²) in [4.78, 5) is 33.5. The Morgan fingerprint density at radius 3 is 2.45 bits per heavy atom. The van der Waals surface area contributed by atoms with Crippen LogP contribution in [-0.4, -0.2) is 17.1 Å². The number of hydrogen-bond acceptors (Lipinski definition) is 6. The number of rotatable bonds is 9. The Morgan fingerprint density at radius 2 is 1.74 bits per heavy atom. The Bertz CT molecular complexity index is 2160. The second-order valence-corrected chi connectivity index (χ2v) is 14.5. The van der Waals surface area contributed by atoms with Crippen LogP contribution in [0.1, 0.15) is 36.6 Å². The van der Waals surface area contributed by atoms with Gasteiger partial charge in [-0.3, -0.25) is 14.2 Å². The predicted molar refractivity (Wildman–Crippen MR) is 204 cm³/mol. The zero-order chi connectivity index (χ0) is 33.1. The minimum atomic E-state index is -0.704. The predicted octanol–water partition coefficient (Wildman–Crippen LogP) is 7.71. The topological polar surface area (TPSA) is 81.9 Å². The molecular formula is C36H28ClI2N3O4S. The monoisotopic (exact) mass is 887 g/mol. The highest BCUT2D eigenvalue weighted by atomic mass is 127. The normalized spacial score (nSPS) is 14.4. The molecule has 2 heterocycles. The van der Waals surface area contributed by atoms with Gasteiger partial charge in [-0.25, -0.2) is 4.99 Å². The lowest BCUT2D eigenvalue weighted by molar-refractivity contribution is -0.113. The smallest absolute Gasteiger partial charge is 0.271 e. The third-order valence-electron chi connectivity index (χ3n) is 7.42. The molecule has 0 saturated heterocycles. The first-order valence-corrected chi connectivity index (χ1v) is 18.0. The van der Waals surface area contributed by atoms with Crippen molar-refractivity contribution in [2.75, 3.05) is 11.9 Å². The number of nitrogens with zero attached hydrogens (tertiary/aromatic N) is 2. The van der Waals surface area contributed by atoms with E-state index >= 15 is 0 Å².